The van der Waals surface area contributed by atoms with Gasteiger partial charge < -0.3 is 19.5 Å². The van der Waals surface area contributed by atoms with E-state index in [1.807, 2.05) is 20.8 Å². The maximum Gasteiger partial charge on any atom is 0.265 e. The van der Waals surface area contributed by atoms with E-state index in [-0.39, 0.29) is 45.5 Å². The molecular weight excluding hydrogens is 408 g/mol. The second-order valence-electron chi connectivity index (χ2n) is 7.04. The zero-order valence-corrected chi connectivity index (χ0v) is 18.8. The summed E-state index contributed by atoms with van der Waals surface area (Å²) < 4.78 is 44.3. The molecule has 2 N–H and O–H groups in total. The van der Waals surface area contributed by atoms with Gasteiger partial charge in [0.2, 0.25) is 0 Å². The summed E-state index contributed by atoms with van der Waals surface area (Å²) in [6.07, 6.45) is 0. The van der Waals surface area contributed by atoms with Gasteiger partial charge >= 0.3 is 0 Å². The summed E-state index contributed by atoms with van der Waals surface area (Å²) in [7, 11) is 0.204. The third-order valence-corrected chi connectivity index (χ3v) is 6.11. The summed E-state index contributed by atoms with van der Waals surface area (Å²) in [5.41, 5.74) is 0.439. The van der Waals surface area contributed by atoms with Crippen LogP contribution in [0.25, 0.3) is 0 Å². The molecule has 164 valence electrons. The van der Waals surface area contributed by atoms with E-state index in [0.29, 0.717) is 5.75 Å². The lowest BCUT2D eigenvalue weighted by molar-refractivity contribution is 0.0930. The molecule has 2 aromatic carbocycles. The average molecular weight is 437 g/mol. The summed E-state index contributed by atoms with van der Waals surface area (Å²) >= 11 is 0. The topological polar surface area (TPSA) is 103 Å². The summed E-state index contributed by atoms with van der Waals surface area (Å²) in [6, 6.07) is 8.90. The molecule has 1 atom stereocenters. The third kappa shape index (κ3) is 5.35. The highest BCUT2D eigenvalue weighted by molar-refractivity contribution is 7.92. The molecule has 0 aliphatic rings. The SMILES string of the molecule is COc1ccc(NS(=O)(=O)c2cc(C(=O)NC(C)C(C)C)ccc2OC)c(OC)c1. The first-order chi connectivity index (χ1) is 14.1. The number of sulfonamides is 1. The van der Waals surface area contributed by atoms with Crippen LogP contribution in [-0.4, -0.2) is 41.7 Å². The Labute approximate surface area is 177 Å². The van der Waals surface area contributed by atoms with E-state index >= 15 is 0 Å². The Morgan fingerprint density at radius 2 is 1.57 bits per heavy atom. The van der Waals surface area contributed by atoms with Gasteiger partial charge in [-0.15, -0.1) is 0 Å². The molecule has 0 bridgehead atoms. The summed E-state index contributed by atoms with van der Waals surface area (Å²) in [5.74, 6) is 0.794. The smallest absolute Gasteiger partial charge is 0.265 e. The monoisotopic (exact) mass is 436 g/mol. The van der Waals surface area contributed by atoms with Gasteiger partial charge in [-0.1, -0.05) is 13.8 Å². The van der Waals surface area contributed by atoms with E-state index < -0.39 is 10.0 Å². The number of hydrogen-bond acceptors (Lipinski definition) is 6. The maximum atomic E-state index is 13.1. The molecule has 8 nitrogen and oxygen atoms in total. The summed E-state index contributed by atoms with van der Waals surface area (Å²) in [6.45, 7) is 5.86. The van der Waals surface area contributed by atoms with Gasteiger partial charge in [0.25, 0.3) is 15.9 Å². The molecule has 0 saturated carbocycles. The van der Waals surface area contributed by atoms with E-state index in [9.17, 15) is 13.2 Å². The minimum absolute atomic E-state index is 0.0682. The standard InChI is InChI=1S/C21H28N2O6S/c1-13(2)14(3)22-21(24)15-7-10-18(28-5)20(11-15)30(25,26)23-17-9-8-16(27-4)12-19(17)29-6/h7-14,23H,1-6H3,(H,22,24). The number of carbonyl (C=O) groups excluding carboxylic acids is 1. The van der Waals surface area contributed by atoms with Crippen LogP contribution in [0.4, 0.5) is 5.69 Å². The molecule has 30 heavy (non-hydrogen) atoms. The molecule has 0 radical (unpaired) electrons. The van der Waals surface area contributed by atoms with Crippen molar-refractivity contribution >= 4 is 21.6 Å². The van der Waals surface area contributed by atoms with Gasteiger partial charge in [0.05, 0.1) is 27.0 Å². The molecule has 9 heteroatoms. The molecule has 0 aromatic heterocycles. The number of benzene rings is 2. The van der Waals surface area contributed by atoms with Crippen molar-refractivity contribution < 1.29 is 27.4 Å². The first-order valence-corrected chi connectivity index (χ1v) is 10.8. The van der Waals surface area contributed by atoms with Crippen LogP contribution in [0.5, 0.6) is 17.2 Å². The van der Waals surface area contributed by atoms with Gasteiger partial charge in [0, 0.05) is 17.7 Å². The van der Waals surface area contributed by atoms with Crippen molar-refractivity contribution in [1.82, 2.24) is 5.32 Å². The largest absolute Gasteiger partial charge is 0.497 e. The lowest BCUT2D eigenvalue weighted by atomic mass is 10.1. The highest BCUT2D eigenvalue weighted by Crippen LogP contribution is 2.33. The number of carbonyl (C=O) groups is 1. The highest BCUT2D eigenvalue weighted by atomic mass is 32.2. The zero-order chi connectivity index (χ0) is 22.5. The lowest BCUT2D eigenvalue weighted by Gasteiger charge is -2.18. The minimum Gasteiger partial charge on any atom is -0.497 e. The van der Waals surface area contributed by atoms with Gasteiger partial charge in [-0.3, -0.25) is 9.52 Å². The zero-order valence-electron chi connectivity index (χ0n) is 18.0. The molecule has 0 aliphatic heterocycles. The summed E-state index contributed by atoms with van der Waals surface area (Å²) in [4.78, 5) is 12.4. The number of anilines is 1. The quantitative estimate of drug-likeness (QED) is 0.625. The Morgan fingerprint density at radius 1 is 0.900 bits per heavy atom. The number of amides is 1. The lowest BCUT2D eigenvalue weighted by Crippen LogP contribution is -2.36. The van der Waals surface area contributed by atoms with Crippen molar-refractivity contribution in [2.24, 2.45) is 5.92 Å². The molecular formula is C21H28N2O6S. The molecule has 0 fully saturated rings. The fourth-order valence-electron chi connectivity index (χ4n) is 2.57. The molecule has 2 aromatic rings. The molecule has 2 rings (SSSR count). The highest BCUT2D eigenvalue weighted by Gasteiger charge is 2.24. The predicted molar refractivity (Wildman–Crippen MR) is 115 cm³/mol. The Morgan fingerprint density at radius 3 is 2.13 bits per heavy atom. The number of methoxy groups -OCH3 is 3. The fourth-order valence-corrected chi connectivity index (χ4v) is 3.83. The molecule has 0 saturated heterocycles. The van der Waals surface area contributed by atoms with Crippen LogP contribution in [0.15, 0.2) is 41.3 Å². The van der Waals surface area contributed by atoms with Crippen LogP contribution in [0.1, 0.15) is 31.1 Å². The Kier molecular flexibility index (Phi) is 7.55. The first kappa shape index (κ1) is 23.3. The molecule has 0 aliphatic carbocycles. The Hall–Kier alpha value is -2.94. The van der Waals surface area contributed by atoms with Crippen LogP contribution < -0.4 is 24.2 Å². The van der Waals surface area contributed by atoms with Gasteiger partial charge in [0.15, 0.2) is 0 Å². The van der Waals surface area contributed by atoms with Gasteiger partial charge in [0.1, 0.15) is 22.1 Å². The second kappa shape index (κ2) is 9.71. The normalized spacial score (nSPS) is 12.2. The molecule has 1 amide bonds. The Bertz CT molecular complexity index is 1000. The van der Waals surface area contributed by atoms with Crippen LogP contribution in [-0.2, 0) is 10.0 Å². The minimum atomic E-state index is -4.08. The van der Waals surface area contributed by atoms with Crippen LogP contribution in [0.2, 0.25) is 0 Å². The number of rotatable bonds is 9. The van der Waals surface area contributed by atoms with Crippen molar-refractivity contribution in [2.75, 3.05) is 26.1 Å². The van der Waals surface area contributed by atoms with E-state index in [0.717, 1.165) is 0 Å². The third-order valence-electron chi connectivity index (χ3n) is 4.73. The van der Waals surface area contributed by atoms with E-state index in [2.05, 4.69) is 10.0 Å². The summed E-state index contributed by atoms with van der Waals surface area (Å²) in [5, 5.41) is 2.86. The van der Waals surface area contributed by atoms with Crippen molar-refractivity contribution in [3.8, 4) is 17.2 Å². The van der Waals surface area contributed by atoms with Crippen LogP contribution >= 0.6 is 0 Å². The van der Waals surface area contributed by atoms with Crippen LogP contribution in [0.3, 0.4) is 0 Å². The van der Waals surface area contributed by atoms with Crippen molar-refractivity contribution in [3.63, 3.8) is 0 Å². The van der Waals surface area contributed by atoms with Gasteiger partial charge in [-0.25, -0.2) is 8.42 Å². The molecule has 0 spiro atoms. The molecule has 0 heterocycles. The van der Waals surface area contributed by atoms with Crippen LogP contribution in [0, 0.1) is 5.92 Å². The predicted octanol–water partition coefficient (Wildman–Crippen LogP) is 3.29. The van der Waals surface area contributed by atoms with Gasteiger partial charge in [-0.2, -0.15) is 0 Å². The van der Waals surface area contributed by atoms with Crippen molar-refractivity contribution in [3.05, 3.63) is 42.0 Å². The maximum absolute atomic E-state index is 13.1. The van der Waals surface area contributed by atoms with E-state index in [4.69, 9.17) is 14.2 Å². The first-order valence-electron chi connectivity index (χ1n) is 9.36. The number of ether oxygens (including phenoxy) is 3. The molecule has 1 unspecified atom stereocenters. The number of hydrogen-bond donors (Lipinski definition) is 2. The van der Waals surface area contributed by atoms with E-state index in [1.165, 1.54) is 45.6 Å². The van der Waals surface area contributed by atoms with Crippen molar-refractivity contribution in [1.29, 1.82) is 0 Å². The van der Waals surface area contributed by atoms with Gasteiger partial charge in [-0.05, 0) is 43.2 Å². The number of nitrogens with one attached hydrogen (secondary N) is 2. The van der Waals surface area contributed by atoms with Crippen molar-refractivity contribution in [2.45, 2.75) is 31.7 Å². The second-order valence-corrected chi connectivity index (χ2v) is 8.69. The van der Waals surface area contributed by atoms with E-state index in [1.54, 1.807) is 12.1 Å². The Balaban J connectivity index is 2.42. The average Bonchev–Trinajstić information content (AvgIpc) is 2.73. The fraction of sp³-hybridized carbons (Fsp3) is 0.381.